The lowest BCUT2D eigenvalue weighted by Crippen LogP contribution is -2.46. The second-order valence-corrected chi connectivity index (χ2v) is 7.85. The molecular formula is C22H36FN5O. The van der Waals surface area contributed by atoms with Gasteiger partial charge in [-0.2, -0.15) is 0 Å². The fourth-order valence-corrected chi connectivity index (χ4v) is 4.12. The molecule has 7 heteroatoms. The van der Waals surface area contributed by atoms with Crippen LogP contribution in [0.1, 0.15) is 37.3 Å². The van der Waals surface area contributed by atoms with E-state index in [1.165, 1.54) is 51.0 Å². The number of hydrogen-bond acceptors (Lipinski definition) is 4. The number of unbranched alkanes of at least 4 members (excludes halogenated alkanes) is 1. The van der Waals surface area contributed by atoms with E-state index in [-0.39, 0.29) is 11.9 Å². The highest BCUT2D eigenvalue weighted by Gasteiger charge is 2.23. The van der Waals surface area contributed by atoms with Crippen LogP contribution in [0.4, 0.5) is 4.39 Å². The molecule has 1 aromatic carbocycles. The number of aliphatic imine (C=N–C) groups is 1. The first-order valence-electron chi connectivity index (χ1n) is 11.0. The minimum absolute atomic E-state index is 0.160. The Morgan fingerprint density at radius 2 is 1.79 bits per heavy atom. The van der Waals surface area contributed by atoms with Gasteiger partial charge in [0.1, 0.15) is 5.82 Å². The summed E-state index contributed by atoms with van der Waals surface area (Å²) in [4.78, 5) is 9.32. The van der Waals surface area contributed by atoms with Crippen LogP contribution in [0.2, 0.25) is 0 Å². The number of ether oxygens (including phenoxy) is 1. The van der Waals surface area contributed by atoms with E-state index < -0.39 is 0 Å². The maximum absolute atomic E-state index is 13.4. The summed E-state index contributed by atoms with van der Waals surface area (Å²) in [6.07, 6.45) is 5.07. The van der Waals surface area contributed by atoms with Crippen molar-refractivity contribution < 1.29 is 9.13 Å². The molecule has 2 saturated heterocycles. The van der Waals surface area contributed by atoms with Gasteiger partial charge in [0, 0.05) is 33.2 Å². The molecule has 2 aliphatic heterocycles. The lowest BCUT2D eigenvalue weighted by atomic mass is 10.0. The number of nitrogens with one attached hydrogen (secondary N) is 2. The first-order valence-corrected chi connectivity index (χ1v) is 11.0. The Labute approximate surface area is 174 Å². The van der Waals surface area contributed by atoms with Crippen molar-refractivity contribution in [1.29, 1.82) is 0 Å². The number of hydrogen-bond donors (Lipinski definition) is 2. The number of benzene rings is 1. The molecule has 0 amide bonds. The average molecular weight is 406 g/mol. The minimum Gasteiger partial charge on any atom is -0.379 e. The minimum atomic E-state index is -0.200. The molecule has 2 fully saturated rings. The highest BCUT2D eigenvalue weighted by Crippen LogP contribution is 2.21. The zero-order valence-electron chi connectivity index (χ0n) is 17.7. The summed E-state index contributed by atoms with van der Waals surface area (Å²) >= 11 is 0. The van der Waals surface area contributed by atoms with Gasteiger partial charge in [-0.1, -0.05) is 12.1 Å². The van der Waals surface area contributed by atoms with Crippen LogP contribution in [0.25, 0.3) is 0 Å². The van der Waals surface area contributed by atoms with Gasteiger partial charge in [0.15, 0.2) is 5.96 Å². The zero-order valence-corrected chi connectivity index (χ0v) is 17.7. The highest BCUT2D eigenvalue weighted by molar-refractivity contribution is 5.79. The molecule has 0 bridgehead atoms. The fourth-order valence-electron chi connectivity index (χ4n) is 4.12. The SMILES string of the molecule is CN=C(NCCCCN1CCCC1)NCC(c1ccc(F)cc1)N1CCOCC1. The van der Waals surface area contributed by atoms with E-state index in [2.05, 4.69) is 25.4 Å². The Hall–Kier alpha value is -1.70. The molecule has 0 aliphatic carbocycles. The third-order valence-corrected chi connectivity index (χ3v) is 5.82. The maximum atomic E-state index is 13.4. The van der Waals surface area contributed by atoms with E-state index in [9.17, 15) is 4.39 Å². The van der Waals surface area contributed by atoms with Crippen molar-refractivity contribution in [2.45, 2.75) is 31.7 Å². The molecule has 0 saturated carbocycles. The normalized spacial score (nSPS) is 20.0. The zero-order chi connectivity index (χ0) is 20.3. The molecular weight excluding hydrogens is 369 g/mol. The van der Waals surface area contributed by atoms with E-state index in [1.54, 1.807) is 7.05 Å². The molecule has 29 heavy (non-hydrogen) atoms. The van der Waals surface area contributed by atoms with E-state index >= 15 is 0 Å². The second kappa shape index (κ2) is 12.1. The monoisotopic (exact) mass is 405 g/mol. The summed E-state index contributed by atoms with van der Waals surface area (Å²) in [5.74, 6) is 0.625. The van der Waals surface area contributed by atoms with Crippen LogP contribution < -0.4 is 10.6 Å². The van der Waals surface area contributed by atoms with Crippen LogP contribution in [0.3, 0.4) is 0 Å². The Bertz CT molecular complexity index is 612. The second-order valence-electron chi connectivity index (χ2n) is 7.85. The van der Waals surface area contributed by atoms with Crippen LogP contribution in [0.15, 0.2) is 29.3 Å². The van der Waals surface area contributed by atoms with E-state index in [1.807, 2.05) is 12.1 Å². The topological polar surface area (TPSA) is 52.1 Å². The summed E-state index contributed by atoms with van der Waals surface area (Å²) in [5.41, 5.74) is 1.11. The molecule has 2 heterocycles. The van der Waals surface area contributed by atoms with Crippen molar-refractivity contribution in [3.63, 3.8) is 0 Å². The molecule has 0 spiro atoms. The van der Waals surface area contributed by atoms with Crippen molar-refractivity contribution in [1.82, 2.24) is 20.4 Å². The molecule has 0 aromatic heterocycles. The van der Waals surface area contributed by atoms with E-state index in [4.69, 9.17) is 4.74 Å². The van der Waals surface area contributed by atoms with Crippen molar-refractivity contribution in [2.75, 3.05) is 66.1 Å². The van der Waals surface area contributed by atoms with E-state index in [0.29, 0.717) is 0 Å². The molecule has 1 atom stereocenters. The molecule has 6 nitrogen and oxygen atoms in total. The fraction of sp³-hybridized carbons (Fsp3) is 0.682. The van der Waals surface area contributed by atoms with Gasteiger partial charge < -0.3 is 20.3 Å². The number of likely N-dealkylation sites (tertiary alicyclic amines) is 1. The van der Waals surface area contributed by atoms with Crippen LogP contribution in [-0.4, -0.2) is 81.8 Å². The Morgan fingerprint density at radius 1 is 1.07 bits per heavy atom. The van der Waals surface area contributed by atoms with Crippen molar-refractivity contribution in [2.24, 2.45) is 4.99 Å². The number of halogens is 1. The maximum Gasteiger partial charge on any atom is 0.191 e. The highest BCUT2D eigenvalue weighted by atomic mass is 19.1. The molecule has 1 aromatic rings. The Morgan fingerprint density at radius 3 is 2.48 bits per heavy atom. The molecule has 0 radical (unpaired) electrons. The predicted molar refractivity (Wildman–Crippen MR) is 116 cm³/mol. The summed E-state index contributed by atoms with van der Waals surface area (Å²) in [6, 6.07) is 7.00. The standard InChI is InChI=1S/C22H36FN5O/c1-24-22(25-10-2-3-11-27-12-4-5-13-27)26-18-21(28-14-16-29-17-15-28)19-6-8-20(23)9-7-19/h6-9,21H,2-5,10-18H2,1H3,(H2,24,25,26). The number of nitrogens with zero attached hydrogens (tertiary/aromatic N) is 3. The lowest BCUT2D eigenvalue weighted by molar-refractivity contribution is 0.0170. The number of guanidine groups is 1. The van der Waals surface area contributed by atoms with Gasteiger partial charge in [-0.3, -0.25) is 9.89 Å². The summed E-state index contributed by atoms with van der Waals surface area (Å²) in [5, 5.41) is 6.90. The molecule has 2 N–H and O–H groups in total. The van der Waals surface area contributed by atoms with Crippen molar-refractivity contribution in [3.05, 3.63) is 35.6 Å². The smallest absolute Gasteiger partial charge is 0.191 e. The first kappa shape index (κ1) is 22.0. The molecule has 1 unspecified atom stereocenters. The first-order chi connectivity index (χ1) is 14.3. The van der Waals surface area contributed by atoms with Crippen molar-refractivity contribution in [3.8, 4) is 0 Å². The van der Waals surface area contributed by atoms with Gasteiger partial charge in [-0.15, -0.1) is 0 Å². The summed E-state index contributed by atoms with van der Waals surface area (Å²) in [6.45, 7) is 8.62. The molecule has 162 valence electrons. The quantitative estimate of drug-likeness (QED) is 0.375. The largest absolute Gasteiger partial charge is 0.379 e. The third-order valence-electron chi connectivity index (χ3n) is 5.82. The van der Waals surface area contributed by atoms with Gasteiger partial charge in [-0.25, -0.2) is 4.39 Å². The van der Waals surface area contributed by atoms with Gasteiger partial charge >= 0.3 is 0 Å². The number of rotatable bonds is 9. The predicted octanol–water partition coefficient (Wildman–Crippen LogP) is 2.24. The van der Waals surface area contributed by atoms with Crippen LogP contribution in [0, 0.1) is 5.82 Å². The van der Waals surface area contributed by atoms with Crippen LogP contribution >= 0.6 is 0 Å². The summed E-state index contributed by atoms with van der Waals surface area (Å²) < 4.78 is 18.9. The van der Waals surface area contributed by atoms with Gasteiger partial charge in [0.2, 0.25) is 0 Å². The summed E-state index contributed by atoms with van der Waals surface area (Å²) in [7, 11) is 1.81. The van der Waals surface area contributed by atoms with Crippen molar-refractivity contribution >= 4 is 5.96 Å². The van der Waals surface area contributed by atoms with Gasteiger partial charge in [0.05, 0.1) is 19.3 Å². The Kier molecular flexibility index (Phi) is 9.18. The molecule has 3 rings (SSSR count). The van der Waals surface area contributed by atoms with Gasteiger partial charge in [0.25, 0.3) is 0 Å². The van der Waals surface area contributed by atoms with E-state index in [0.717, 1.165) is 57.3 Å². The van der Waals surface area contributed by atoms with Crippen LogP contribution in [-0.2, 0) is 4.74 Å². The number of morpholine rings is 1. The average Bonchev–Trinajstić information content (AvgIpc) is 3.27. The third kappa shape index (κ3) is 7.24. The van der Waals surface area contributed by atoms with Crippen LogP contribution in [0.5, 0.6) is 0 Å². The Balaban J connectivity index is 1.45. The van der Waals surface area contributed by atoms with Gasteiger partial charge in [-0.05, 0) is 63.0 Å². The lowest BCUT2D eigenvalue weighted by Gasteiger charge is -2.35. The molecule has 2 aliphatic rings.